The first-order chi connectivity index (χ1) is 23.3. The molecule has 0 radical (unpaired) electrons. The third kappa shape index (κ3) is 7.55. The molecule has 1 fully saturated rings. The predicted molar refractivity (Wildman–Crippen MR) is 187 cm³/mol. The maximum atomic E-state index is 15.6. The van der Waals surface area contributed by atoms with Gasteiger partial charge in [0.1, 0.15) is 21.5 Å². The van der Waals surface area contributed by atoms with Crippen molar-refractivity contribution < 1.29 is 21.4 Å². The van der Waals surface area contributed by atoms with Gasteiger partial charge in [-0.3, -0.25) is 14.3 Å². The van der Waals surface area contributed by atoms with Gasteiger partial charge in [0.2, 0.25) is 16.0 Å². The minimum Gasteiger partial charge on any atom is -0.366 e. The molecule has 12 nitrogen and oxygen atoms in total. The summed E-state index contributed by atoms with van der Waals surface area (Å²) >= 11 is 1.18. The molecular weight excluding hydrogens is 695 g/mol. The topological polar surface area (TPSA) is 142 Å². The number of thiazole rings is 1. The van der Waals surface area contributed by atoms with Crippen LogP contribution in [0.4, 0.5) is 26.1 Å². The Morgan fingerprint density at radius 1 is 1.06 bits per heavy atom. The molecule has 0 saturated carbocycles. The van der Waals surface area contributed by atoms with Crippen molar-refractivity contribution in [2.24, 2.45) is 0 Å². The fourth-order valence-electron chi connectivity index (χ4n) is 5.76. The van der Waals surface area contributed by atoms with E-state index < -0.39 is 38.0 Å². The average molecular weight is 729 g/mol. The molecule has 0 amide bonds. The molecule has 1 unspecified atom stereocenters. The minimum atomic E-state index is -3.57. The number of likely N-dealkylation sites (N-methyl/N-ethyl adjacent to an activating group) is 1. The Morgan fingerprint density at radius 3 is 2.47 bits per heavy atom. The van der Waals surface area contributed by atoms with Crippen molar-refractivity contribution in [1.29, 1.82) is 0 Å². The first-order valence-corrected chi connectivity index (χ1v) is 19.2. The second kappa shape index (κ2) is 14.0. The van der Waals surface area contributed by atoms with Crippen LogP contribution in [0, 0.1) is 11.6 Å². The van der Waals surface area contributed by atoms with Gasteiger partial charge in [-0.1, -0.05) is 6.07 Å². The maximum absolute atomic E-state index is 15.6. The van der Waals surface area contributed by atoms with Gasteiger partial charge < -0.3 is 15.5 Å². The fraction of sp³-hybridized carbons (Fsp3) is 0.312. The van der Waals surface area contributed by atoms with Crippen molar-refractivity contribution in [3.05, 3.63) is 82.4 Å². The van der Waals surface area contributed by atoms with E-state index >= 15 is 8.78 Å². The van der Waals surface area contributed by atoms with Crippen molar-refractivity contribution in [3.63, 3.8) is 0 Å². The number of pyridine rings is 1. The molecular formula is C32H34F2N8O4S3. The summed E-state index contributed by atoms with van der Waals surface area (Å²) in [7, 11) is -3.84. The van der Waals surface area contributed by atoms with Crippen LogP contribution in [0.3, 0.4) is 0 Å². The largest absolute Gasteiger partial charge is 0.366 e. The van der Waals surface area contributed by atoms with Crippen molar-refractivity contribution in [2.45, 2.75) is 41.6 Å². The molecule has 4 heterocycles. The van der Waals surface area contributed by atoms with E-state index in [1.165, 1.54) is 65.1 Å². The van der Waals surface area contributed by atoms with Crippen LogP contribution in [0.1, 0.15) is 13.8 Å². The van der Waals surface area contributed by atoms with Crippen LogP contribution in [-0.4, -0.2) is 81.5 Å². The first kappa shape index (κ1) is 34.7. The molecule has 49 heavy (non-hydrogen) atoms. The van der Waals surface area contributed by atoms with Gasteiger partial charge in [0, 0.05) is 73.0 Å². The zero-order chi connectivity index (χ0) is 35.0. The molecule has 1 aliphatic heterocycles. The summed E-state index contributed by atoms with van der Waals surface area (Å²) in [5.74, 6) is -1.11. The smallest absolute Gasteiger partial charge is 0.260 e. The molecule has 5 aromatic rings. The zero-order valence-electron chi connectivity index (χ0n) is 27.1. The van der Waals surface area contributed by atoms with E-state index in [2.05, 4.69) is 39.4 Å². The molecule has 0 aliphatic carbocycles. The SMILES string of the molecule is C[C@@H]1CN(c2ccc(Nc3ncc4cc(-c5ccc(S(=O)c6cncs6)cc5F)c(=O)n(CCN(C)S(C)(=O)=O)c4n3)cc2F)C[C@H](C)N1. The van der Waals surface area contributed by atoms with Crippen LogP contribution in [0.2, 0.25) is 0 Å². The quantitative estimate of drug-likeness (QED) is 0.215. The van der Waals surface area contributed by atoms with Crippen molar-refractivity contribution >= 4 is 60.5 Å². The average Bonchev–Trinajstić information content (AvgIpc) is 3.58. The molecule has 3 aromatic heterocycles. The Balaban J connectivity index is 1.36. The van der Waals surface area contributed by atoms with Gasteiger partial charge in [0.25, 0.3) is 5.56 Å². The summed E-state index contributed by atoms with van der Waals surface area (Å²) < 4.78 is 70.9. The molecule has 3 atom stereocenters. The second-order valence-electron chi connectivity index (χ2n) is 12.0. The standard InChI is InChI=1S/C32H34F2N8O4S3/c1-19-16-41(17-20(2)37-19)28-8-5-22(12-27(28)34)38-32-36-14-21-11-25(31(43)42(30(21)39-32)10-9-40(3)49(4,45)46)24-7-6-23(13-26(24)33)48(44)29-15-35-18-47-29/h5-8,11-15,18-20,37H,9-10,16-17H2,1-4H3,(H,36,38,39)/t19-,20+,48?. The van der Waals surface area contributed by atoms with Crippen LogP contribution in [0.5, 0.6) is 0 Å². The van der Waals surface area contributed by atoms with Gasteiger partial charge in [-0.15, -0.1) is 11.3 Å². The number of anilines is 3. The lowest BCUT2D eigenvalue weighted by Gasteiger charge is -2.37. The number of sulfonamides is 1. The predicted octanol–water partition coefficient (Wildman–Crippen LogP) is 4.18. The number of benzene rings is 2. The van der Waals surface area contributed by atoms with Crippen LogP contribution >= 0.6 is 11.3 Å². The molecule has 0 spiro atoms. The highest BCUT2D eigenvalue weighted by Gasteiger charge is 2.24. The lowest BCUT2D eigenvalue weighted by molar-refractivity contribution is 0.404. The lowest BCUT2D eigenvalue weighted by Crippen LogP contribution is -2.54. The number of aromatic nitrogens is 4. The van der Waals surface area contributed by atoms with Crippen molar-refractivity contribution in [1.82, 2.24) is 29.1 Å². The summed E-state index contributed by atoms with van der Waals surface area (Å²) in [6.45, 7) is 5.25. The van der Waals surface area contributed by atoms with Gasteiger partial charge in [0.05, 0.1) is 40.0 Å². The number of rotatable bonds is 10. The Hall–Kier alpha value is -4.16. The lowest BCUT2D eigenvalue weighted by atomic mass is 10.1. The van der Waals surface area contributed by atoms with Gasteiger partial charge in [-0.25, -0.2) is 30.7 Å². The molecule has 1 saturated heterocycles. The number of fused-ring (bicyclic) bond motifs is 1. The van der Waals surface area contributed by atoms with Crippen LogP contribution in [0.15, 0.2) is 74.3 Å². The summed E-state index contributed by atoms with van der Waals surface area (Å²) in [5, 5.41) is 6.81. The number of piperazine rings is 1. The normalized spacial score (nSPS) is 17.5. The Kier molecular flexibility index (Phi) is 9.90. The van der Waals surface area contributed by atoms with Crippen LogP contribution in [-0.2, 0) is 27.4 Å². The molecule has 1 aliphatic rings. The summed E-state index contributed by atoms with van der Waals surface area (Å²) in [5.41, 5.74) is 1.90. The number of hydrogen-bond donors (Lipinski definition) is 2. The number of halogens is 2. The van der Waals surface area contributed by atoms with Crippen LogP contribution in [0.25, 0.3) is 22.2 Å². The summed E-state index contributed by atoms with van der Waals surface area (Å²) in [4.78, 5) is 29.0. The highest BCUT2D eigenvalue weighted by molar-refractivity contribution is 7.88. The van der Waals surface area contributed by atoms with E-state index in [4.69, 9.17) is 0 Å². The van der Waals surface area contributed by atoms with Gasteiger partial charge in [0.15, 0.2) is 0 Å². The number of hydrogen-bond acceptors (Lipinski definition) is 11. The highest BCUT2D eigenvalue weighted by atomic mass is 32.2. The van der Waals surface area contributed by atoms with Gasteiger partial charge in [-0.2, -0.15) is 4.98 Å². The fourth-order valence-corrected chi connectivity index (χ4v) is 8.08. The number of nitrogens with one attached hydrogen (secondary N) is 2. The third-order valence-corrected chi connectivity index (χ3v) is 11.9. The molecule has 6 rings (SSSR count). The summed E-state index contributed by atoms with van der Waals surface area (Å²) in [6, 6.07) is 10.6. The maximum Gasteiger partial charge on any atom is 0.260 e. The second-order valence-corrected chi connectivity index (χ2v) is 16.7. The first-order valence-electron chi connectivity index (χ1n) is 15.3. The Morgan fingerprint density at radius 2 is 1.82 bits per heavy atom. The zero-order valence-corrected chi connectivity index (χ0v) is 29.5. The molecule has 2 N–H and O–H groups in total. The van der Waals surface area contributed by atoms with E-state index in [1.54, 1.807) is 12.1 Å². The Labute approximate surface area is 288 Å². The van der Waals surface area contributed by atoms with E-state index in [9.17, 15) is 17.4 Å². The highest BCUT2D eigenvalue weighted by Crippen LogP contribution is 2.29. The van der Waals surface area contributed by atoms with E-state index in [-0.39, 0.29) is 52.8 Å². The molecule has 0 bridgehead atoms. The van der Waals surface area contributed by atoms with Crippen molar-refractivity contribution in [3.8, 4) is 11.1 Å². The van der Waals surface area contributed by atoms with Gasteiger partial charge in [-0.05, 0) is 50.2 Å². The van der Waals surface area contributed by atoms with E-state index in [0.717, 1.165) is 16.6 Å². The number of nitrogens with zero attached hydrogens (tertiary/aromatic N) is 6. The monoisotopic (exact) mass is 728 g/mol. The van der Waals surface area contributed by atoms with E-state index in [0.29, 0.717) is 34.1 Å². The minimum absolute atomic E-state index is 0.0133. The molecule has 17 heteroatoms. The third-order valence-electron chi connectivity index (χ3n) is 8.17. The Bertz CT molecular complexity index is 2210. The molecule has 2 aromatic carbocycles. The van der Waals surface area contributed by atoms with Crippen molar-refractivity contribution in [2.75, 3.05) is 43.2 Å². The van der Waals surface area contributed by atoms with E-state index in [1.807, 2.05) is 4.90 Å². The summed E-state index contributed by atoms with van der Waals surface area (Å²) in [6.07, 6.45) is 3.95. The van der Waals surface area contributed by atoms with Crippen LogP contribution < -0.4 is 21.1 Å². The van der Waals surface area contributed by atoms with Gasteiger partial charge >= 0.3 is 0 Å². The molecule has 258 valence electrons.